The second-order valence-electron chi connectivity index (χ2n) is 10.2. The van der Waals surface area contributed by atoms with E-state index in [1.54, 1.807) is 0 Å². The van der Waals surface area contributed by atoms with Crippen molar-refractivity contribution < 1.29 is 0 Å². The Bertz CT molecular complexity index is 1950. The van der Waals surface area contributed by atoms with Gasteiger partial charge in [0, 0.05) is 31.5 Å². The van der Waals surface area contributed by atoms with Crippen molar-refractivity contribution in [1.82, 2.24) is 0 Å². The molecule has 0 spiro atoms. The first-order valence-corrected chi connectivity index (χ1v) is 14.2. The predicted molar refractivity (Wildman–Crippen MR) is 166 cm³/mol. The van der Waals surface area contributed by atoms with E-state index in [-0.39, 0.29) is 5.41 Å². The van der Waals surface area contributed by atoms with Crippen LogP contribution >= 0.6 is 11.3 Å². The van der Waals surface area contributed by atoms with E-state index in [0.29, 0.717) is 0 Å². The van der Waals surface area contributed by atoms with Crippen LogP contribution in [0.5, 0.6) is 0 Å². The van der Waals surface area contributed by atoms with Crippen LogP contribution in [0.1, 0.15) is 22.3 Å². The number of nitrogens with one attached hydrogen (secondary N) is 1. The maximum Gasteiger partial charge on any atom is 0.0714 e. The van der Waals surface area contributed by atoms with Crippen molar-refractivity contribution in [2.75, 3.05) is 5.32 Å². The molecule has 7 aromatic rings. The lowest BCUT2D eigenvalue weighted by Gasteiger charge is -2.34. The molecule has 0 saturated heterocycles. The highest BCUT2D eigenvalue weighted by molar-refractivity contribution is 7.25. The van der Waals surface area contributed by atoms with Crippen LogP contribution in [0, 0.1) is 0 Å². The van der Waals surface area contributed by atoms with Gasteiger partial charge in [-0.15, -0.1) is 11.3 Å². The maximum absolute atomic E-state index is 3.73. The second kappa shape index (κ2) is 8.69. The molecule has 0 saturated carbocycles. The Kier molecular flexibility index (Phi) is 4.98. The van der Waals surface area contributed by atoms with Crippen LogP contribution in [0.15, 0.2) is 146 Å². The molecule has 1 heterocycles. The molecule has 0 unspecified atom stereocenters. The molecule has 0 atom stereocenters. The minimum Gasteiger partial charge on any atom is -0.355 e. The number of hydrogen-bond donors (Lipinski definition) is 1. The van der Waals surface area contributed by atoms with Crippen molar-refractivity contribution in [3.8, 4) is 11.1 Å². The summed E-state index contributed by atoms with van der Waals surface area (Å²) in [4.78, 5) is 0. The molecule has 0 radical (unpaired) electrons. The van der Waals surface area contributed by atoms with Crippen LogP contribution in [-0.2, 0) is 5.41 Å². The van der Waals surface area contributed by atoms with Crippen molar-refractivity contribution in [3.63, 3.8) is 0 Å². The summed E-state index contributed by atoms with van der Waals surface area (Å²) >= 11 is 1.85. The number of rotatable bonds is 4. The molecule has 0 bridgehead atoms. The Morgan fingerprint density at radius 1 is 0.436 bits per heavy atom. The van der Waals surface area contributed by atoms with E-state index in [1.165, 1.54) is 53.6 Å². The van der Waals surface area contributed by atoms with E-state index in [2.05, 4.69) is 151 Å². The lowest BCUT2D eigenvalue weighted by Crippen LogP contribution is -2.28. The number of benzene rings is 6. The van der Waals surface area contributed by atoms with Gasteiger partial charge < -0.3 is 5.32 Å². The van der Waals surface area contributed by atoms with E-state index in [0.717, 1.165) is 11.4 Å². The molecule has 6 aromatic carbocycles. The zero-order valence-corrected chi connectivity index (χ0v) is 22.1. The largest absolute Gasteiger partial charge is 0.355 e. The van der Waals surface area contributed by atoms with Gasteiger partial charge in [0.1, 0.15) is 0 Å². The third-order valence-corrected chi connectivity index (χ3v) is 9.26. The predicted octanol–water partition coefficient (Wildman–Crippen LogP) is 10.2. The fourth-order valence-corrected chi connectivity index (χ4v) is 7.66. The van der Waals surface area contributed by atoms with E-state index in [1.807, 2.05) is 11.3 Å². The van der Waals surface area contributed by atoms with Crippen LogP contribution < -0.4 is 5.32 Å². The molecule has 0 amide bonds. The van der Waals surface area contributed by atoms with Crippen molar-refractivity contribution in [3.05, 3.63) is 168 Å². The summed E-state index contributed by atoms with van der Waals surface area (Å²) < 4.78 is 2.63. The van der Waals surface area contributed by atoms with Gasteiger partial charge in [0.25, 0.3) is 0 Å². The van der Waals surface area contributed by atoms with Gasteiger partial charge in [-0.1, -0.05) is 115 Å². The van der Waals surface area contributed by atoms with E-state index in [9.17, 15) is 0 Å². The number of fused-ring (bicyclic) bond motifs is 6. The highest BCUT2D eigenvalue weighted by atomic mass is 32.1. The highest BCUT2D eigenvalue weighted by Gasteiger charge is 2.45. The minimum absolute atomic E-state index is 0.387. The molecule has 184 valence electrons. The normalized spacial score (nSPS) is 13.3. The standard InChI is InChI=1S/C37H25NS/c1-2-11-25(12-3-1)37(33-18-7-4-15-29(33)30-16-5-8-19-34(30)37)26-13-10-14-27(23-26)38-28-21-22-32-31-17-6-9-20-35(31)39-36(32)24-28/h1-24,38H. The van der Waals surface area contributed by atoms with Crippen molar-refractivity contribution in [2.45, 2.75) is 5.41 Å². The molecule has 0 fully saturated rings. The van der Waals surface area contributed by atoms with Gasteiger partial charge in [0.15, 0.2) is 0 Å². The van der Waals surface area contributed by atoms with Crippen LogP contribution in [-0.4, -0.2) is 0 Å². The SMILES string of the molecule is c1ccc(C2(c3cccc(Nc4ccc5c(c4)sc4ccccc45)c3)c3ccccc3-c3ccccc32)cc1. The van der Waals surface area contributed by atoms with Crippen molar-refractivity contribution >= 4 is 42.9 Å². The summed E-state index contributed by atoms with van der Waals surface area (Å²) in [5.41, 5.74) is 9.64. The second-order valence-corrected chi connectivity index (χ2v) is 11.3. The number of anilines is 2. The van der Waals surface area contributed by atoms with E-state index < -0.39 is 0 Å². The number of thiophene rings is 1. The first-order valence-electron chi connectivity index (χ1n) is 13.4. The maximum atomic E-state index is 3.73. The smallest absolute Gasteiger partial charge is 0.0714 e. The molecule has 1 N–H and O–H groups in total. The Hall–Kier alpha value is -4.66. The van der Waals surface area contributed by atoms with Gasteiger partial charge >= 0.3 is 0 Å². The highest BCUT2D eigenvalue weighted by Crippen LogP contribution is 2.56. The van der Waals surface area contributed by atoms with Gasteiger partial charge in [0.05, 0.1) is 5.41 Å². The Morgan fingerprint density at radius 3 is 1.85 bits per heavy atom. The van der Waals surface area contributed by atoms with Gasteiger partial charge in [-0.3, -0.25) is 0 Å². The zero-order valence-electron chi connectivity index (χ0n) is 21.3. The van der Waals surface area contributed by atoms with Crippen molar-refractivity contribution in [2.24, 2.45) is 0 Å². The van der Waals surface area contributed by atoms with Gasteiger partial charge in [-0.2, -0.15) is 0 Å². The molecule has 39 heavy (non-hydrogen) atoms. The summed E-state index contributed by atoms with van der Waals surface area (Å²) in [6.45, 7) is 0. The zero-order chi connectivity index (χ0) is 25.8. The Balaban J connectivity index is 1.29. The Labute approximate surface area is 232 Å². The average molecular weight is 516 g/mol. The van der Waals surface area contributed by atoms with Crippen LogP contribution in [0.4, 0.5) is 11.4 Å². The lowest BCUT2D eigenvalue weighted by atomic mass is 9.67. The number of hydrogen-bond acceptors (Lipinski definition) is 2. The monoisotopic (exact) mass is 515 g/mol. The topological polar surface area (TPSA) is 12.0 Å². The molecule has 0 aliphatic heterocycles. The molecular weight excluding hydrogens is 490 g/mol. The fraction of sp³-hybridized carbons (Fsp3) is 0.0270. The molecule has 2 heteroatoms. The summed E-state index contributed by atoms with van der Waals surface area (Å²) in [6.07, 6.45) is 0. The summed E-state index contributed by atoms with van der Waals surface area (Å²) in [5.74, 6) is 0. The van der Waals surface area contributed by atoms with E-state index in [4.69, 9.17) is 0 Å². The summed E-state index contributed by atoms with van der Waals surface area (Å²) in [5, 5.41) is 6.37. The molecule has 1 aromatic heterocycles. The third kappa shape index (κ3) is 3.32. The van der Waals surface area contributed by atoms with Crippen LogP contribution in [0.2, 0.25) is 0 Å². The Morgan fingerprint density at radius 2 is 1.05 bits per heavy atom. The van der Waals surface area contributed by atoms with Gasteiger partial charge in [-0.05, 0) is 63.7 Å². The van der Waals surface area contributed by atoms with Gasteiger partial charge in [0.2, 0.25) is 0 Å². The van der Waals surface area contributed by atoms with Crippen LogP contribution in [0.25, 0.3) is 31.3 Å². The fourth-order valence-electron chi connectivity index (χ4n) is 6.51. The average Bonchev–Trinajstić information content (AvgIpc) is 3.51. The van der Waals surface area contributed by atoms with Gasteiger partial charge in [-0.25, -0.2) is 0 Å². The third-order valence-electron chi connectivity index (χ3n) is 8.12. The molecule has 8 rings (SSSR count). The molecular formula is C37H25NS. The first-order chi connectivity index (χ1) is 19.3. The first kappa shape index (κ1) is 22.3. The lowest BCUT2D eigenvalue weighted by molar-refractivity contribution is 0.769. The molecule has 1 nitrogen and oxygen atoms in total. The van der Waals surface area contributed by atoms with E-state index >= 15 is 0 Å². The quantitative estimate of drug-likeness (QED) is 0.246. The van der Waals surface area contributed by atoms with Crippen molar-refractivity contribution in [1.29, 1.82) is 0 Å². The molecule has 1 aliphatic rings. The summed E-state index contributed by atoms with van der Waals surface area (Å²) in [7, 11) is 0. The minimum atomic E-state index is -0.387. The van der Waals surface area contributed by atoms with Crippen LogP contribution in [0.3, 0.4) is 0 Å². The molecule has 1 aliphatic carbocycles. The summed E-state index contributed by atoms with van der Waals surface area (Å²) in [6, 6.07) is 53.1.